The first-order valence-corrected chi connectivity index (χ1v) is 6.07. The number of anilines is 1. The first-order chi connectivity index (χ1) is 8.38. The minimum atomic E-state index is -4.05. The van der Waals surface area contributed by atoms with Gasteiger partial charge in [-0.15, -0.1) is 0 Å². The molecule has 0 amide bonds. The average molecular weight is 281 g/mol. The summed E-state index contributed by atoms with van der Waals surface area (Å²) in [4.78, 5) is 0. The zero-order chi connectivity index (χ0) is 13.6. The highest BCUT2D eigenvalue weighted by Gasteiger charge is 2.25. The molecule has 0 atom stereocenters. The maximum Gasteiger partial charge on any atom is 0.389 e. The molecule has 0 fully saturated rings. The van der Waals surface area contributed by atoms with Crippen LogP contribution in [0.25, 0.3) is 0 Å². The Morgan fingerprint density at radius 3 is 2.56 bits per heavy atom. The number of halogens is 4. The van der Waals surface area contributed by atoms with Crippen LogP contribution in [0.3, 0.4) is 0 Å². The van der Waals surface area contributed by atoms with Crippen molar-refractivity contribution in [3.63, 3.8) is 0 Å². The van der Waals surface area contributed by atoms with Crippen LogP contribution in [0.1, 0.15) is 24.8 Å². The van der Waals surface area contributed by atoms with Gasteiger partial charge in [-0.05, 0) is 37.1 Å². The van der Waals surface area contributed by atoms with Crippen molar-refractivity contribution < 1.29 is 13.2 Å². The minimum absolute atomic E-state index is 0.152. The summed E-state index contributed by atoms with van der Waals surface area (Å²) in [6.45, 7) is 1.13. The average Bonchev–Trinajstić information content (AvgIpc) is 2.26. The van der Waals surface area contributed by atoms with Crippen molar-refractivity contribution in [1.29, 1.82) is 0 Å². The van der Waals surface area contributed by atoms with Gasteiger partial charge in [0.25, 0.3) is 0 Å². The van der Waals surface area contributed by atoms with E-state index in [1.807, 2.05) is 6.07 Å². The zero-order valence-electron chi connectivity index (χ0n) is 9.86. The number of nitrogens with one attached hydrogen (secondary N) is 1. The largest absolute Gasteiger partial charge is 0.398 e. The maximum atomic E-state index is 11.9. The van der Waals surface area contributed by atoms with Gasteiger partial charge in [-0.25, -0.2) is 0 Å². The van der Waals surface area contributed by atoms with Crippen molar-refractivity contribution in [2.45, 2.75) is 32.0 Å². The van der Waals surface area contributed by atoms with E-state index in [1.54, 1.807) is 12.1 Å². The van der Waals surface area contributed by atoms with Gasteiger partial charge < -0.3 is 11.1 Å². The van der Waals surface area contributed by atoms with Gasteiger partial charge in [0.15, 0.2) is 0 Å². The molecule has 0 saturated carbocycles. The van der Waals surface area contributed by atoms with Gasteiger partial charge in [0.2, 0.25) is 0 Å². The summed E-state index contributed by atoms with van der Waals surface area (Å²) in [6.07, 6.45) is -4.12. The molecule has 102 valence electrons. The SMILES string of the molecule is Nc1cc(CNCCCCC(F)(F)F)ccc1Cl. The topological polar surface area (TPSA) is 38.0 Å². The van der Waals surface area contributed by atoms with Gasteiger partial charge in [-0.1, -0.05) is 17.7 Å². The molecule has 1 aromatic rings. The number of alkyl halides is 3. The van der Waals surface area contributed by atoms with E-state index < -0.39 is 12.6 Å². The van der Waals surface area contributed by atoms with Crippen molar-refractivity contribution in [2.24, 2.45) is 0 Å². The van der Waals surface area contributed by atoms with Crippen molar-refractivity contribution in [3.8, 4) is 0 Å². The molecule has 0 aliphatic rings. The van der Waals surface area contributed by atoms with Crippen molar-refractivity contribution >= 4 is 17.3 Å². The summed E-state index contributed by atoms with van der Waals surface area (Å²) in [7, 11) is 0. The van der Waals surface area contributed by atoms with Gasteiger partial charge in [-0.3, -0.25) is 0 Å². The van der Waals surface area contributed by atoms with Crippen LogP contribution < -0.4 is 11.1 Å². The number of benzene rings is 1. The number of rotatable bonds is 6. The van der Waals surface area contributed by atoms with Crippen LogP contribution in [0.2, 0.25) is 5.02 Å². The highest BCUT2D eigenvalue weighted by atomic mass is 35.5. The molecule has 0 aliphatic carbocycles. The Labute approximate surface area is 109 Å². The quantitative estimate of drug-likeness (QED) is 0.615. The van der Waals surface area contributed by atoms with Gasteiger partial charge >= 0.3 is 6.18 Å². The van der Waals surface area contributed by atoms with Crippen molar-refractivity contribution in [2.75, 3.05) is 12.3 Å². The summed E-state index contributed by atoms with van der Waals surface area (Å²) in [6, 6.07) is 5.30. The summed E-state index contributed by atoms with van der Waals surface area (Å²) in [5, 5.41) is 3.57. The number of nitrogen functional groups attached to an aromatic ring is 1. The van der Waals surface area contributed by atoms with Gasteiger partial charge in [0, 0.05) is 13.0 Å². The van der Waals surface area contributed by atoms with Crippen LogP contribution >= 0.6 is 11.6 Å². The van der Waals surface area contributed by atoms with Crippen molar-refractivity contribution in [1.82, 2.24) is 5.32 Å². The molecule has 6 heteroatoms. The van der Waals surface area contributed by atoms with E-state index in [-0.39, 0.29) is 6.42 Å². The van der Waals surface area contributed by atoms with Crippen LogP contribution in [0.4, 0.5) is 18.9 Å². The summed E-state index contributed by atoms with van der Waals surface area (Å²) < 4.78 is 35.6. The lowest BCUT2D eigenvalue weighted by atomic mass is 10.2. The Morgan fingerprint density at radius 1 is 1.22 bits per heavy atom. The van der Waals surface area contributed by atoms with E-state index in [4.69, 9.17) is 17.3 Å². The first-order valence-electron chi connectivity index (χ1n) is 5.70. The van der Waals surface area contributed by atoms with Gasteiger partial charge in [0.1, 0.15) is 0 Å². The lowest BCUT2D eigenvalue weighted by molar-refractivity contribution is -0.135. The van der Waals surface area contributed by atoms with Crippen LogP contribution in [0.5, 0.6) is 0 Å². The van der Waals surface area contributed by atoms with Gasteiger partial charge in [0.05, 0.1) is 10.7 Å². The van der Waals surface area contributed by atoms with E-state index in [1.165, 1.54) is 0 Å². The third kappa shape index (κ3) is 6.12. The van der Waals surface area contributed by atoms with Crippen LogP contribution in [0, 0.1) is 0 Å². The highest BCUT2D eigenvalue weighted by Crippen LogP contribution is 2.22. The Bertz CT molecular complexity index is 380. The molecule has 18 heavy (non-hydrogen) atoms. The highest BCUT2D eigenvalue weighted by molar-refractivity contribution is 6.33. The normalized spacial score (nSPS) is 11.8. The molecule has 0 unspecified atom stereocenters. The maximum absolute atomic E-state index is 11.9. The Hall–Kier alpha value is -0.940. The second kappa shape index (κ2) is 6.85. The van der Waals surface area contributed by atoms with Crippen LogP contribution in [0.15, 0.2) is 18.2 Å². The fraction of sp³-hybridized carbons (Fsp3) is 0.500. The predicted octanol–water partition coefficient (Wildman–Crippen LogP) is 3.74. The smallest absolute Gasteiger partial charge is 0.389 e. The summed E-state index contributed by atoms with van der Waals surface area (Å²) in [5.41, 5.74) is 7.11. The fourth-order valence-electron chi connectivity index (χ4n) is 1.51. The van der Waals surface area contributed by atoms with E-state index in [9.17, 15) is 13.2 Å². The molecule has 0 spiro atoms. The first kappa shape index (κ1) is 15.1. The molecule has 3 N–H and O–H groups in total. The molecular formula is C12H16ClF3N2. The monoisotopic (exact) mass is 280 g/mol. The lowest BCUT2D eigenvalue weighted by Gasteiger charge is -2.08. The van der Waals surface area contributed by atoms with Gasteiger partial charge in [-0.2, -0.15) is 13.2 Å². The third-order valence-electron chi connectivity index (χ3n) is 2.45. The molecule has 0 bridgehead atoms. The molecule has 0 aliphatic heterocycles. The molecule has 0 saturated heterocycles. The number of unbranched alkanes of at least 4 members (excludes halogenated alkanes) is 1. The van der Waals surface area contributed by atoms with E-state index >= 15 is 0 Å². The van der Waals surface area contributed by atoms with Crippen molar-refractivity contribution in [3.05, 3.63) is 28.8 Å². The number of hydrogen-bond acceptors (Lipinski definition) is 2. The van der Waals surface area contributed by atoms with E-state index in [0.29, 0.717) is 30.2 Å². The second-order valence-corrected chi connectivity index (χ2v) is 4.51. The zero-order valence-corrected chi connectivity index (χ0v) is 10.6. The van der Waals surface area contributed by atoms with Crippen LogP contribution in [-0.2, 0) is 6.54 Å². The predicted molar refractivity (Wildman–Crippen MR) is 67.5 cm³/mol. The molecule has 0 heterocycles. The molecule has 2 nitrogen and oxygen atoms in total. The summed E-state index contributed by atoms with van der Waals surface area (Å²) >= 11 is 5.77. The second-order valence-electron chi connectivity index (χ2n) is 4.10. The third-order valence-corrected chi connectivity index (χ3v) is 2.80. The fourth-order valence-corrected chi connectivity index (χ4v) is 1.63. The minimum Gasteiger partial charge on any atom is -0.398 e. The lowest BCUT2D eigenvalue weighted by Crippen LogP contribution is -2.16. The molecule has 0 aromatic heterocycles. The molecule has 0 radical (unpaired) electrons. The van der Waals surface area contributed by atoms with Crippen LogP contribution in [-0.4, -0.2) is 12.7 Å². The standard InChI is InChI=1S/C12H16ClF3N2/c13-10-4-3-9(7-11(10)17)8-18-6-2-1-5-12(14,15)16/h3-4,7,18H,1-2,5-6,8,17H2. The van der Waals surface area contributed by atoms with E-state index in [2.05, 4.69) is 5.32 Å². The molecule has 1 rings (SSSR count). The summed E-state index contributed by atoms with van der Waals surface area (Å²) in [5.74, 6) is 0. The number of hydrogen-bond donors (Lipinski definition) is 2. The van der Waals surface area contributed by atoms with E-state index in [0.717, 1.165) is 5.56 Å². The number of nitrogens with two attached hydrogens (primary N) is 1. The Kier molecular flexibility index (Phi) is 5.75. The molecule has 1 aromatic carbocycles. The Morgan fingerprint density at radius 2 is 1.94 bits per heavy atom. The Balaban J connectivity index is 2.16. The molecular weight excluding hydrogens is 265 g/mol.